The van der Waals surface area contributed by atoms with Gasteiger partial charge in [0.15, 0.2) is 6.20 Å². The number of aryl methyl sites for hydroxylation is 1. The van der Waals surface area contributed by atoms with Crippen LogP contribution in [0.2, 0.25) is 0 Å². The quantitative estimate of drug-likeness (QED) is 0.274. The third-order valence-electron chi connectivity index (χ3n) is 4.73. The molecule has 0 bridgehead atoms. The van der Waals surface area contributed by atoms with E-state index in [1.54, 1.807) is 0 Å². The number of aromatic nitrogens is 1. The second kappa shape index (κ2) is 9.47. The van der Waals surface area contributed by atoms with Crippen LogP contribution in [-0.4, -0.2) is 19.9 Å². The largest absolute Gasteiger partial charge is 0.497 e. The van der Waals surface area contributed by atoms with Crippen LogP contribution in [0.25, 0.3) is 22.0 Å². The number of rotatable bonds is 4. The highest BCUT2D eigenvalue weighted by molar-refractivity contribution is 5.80. The Bertz CT molecular complexity index is 1340. The molecule has 0 aliphatic heterocycles. The molecule has 11 heteroatoms. The number of para-hydroxylation sites is 1. The fourth-order valence-corrected chi connectivity index (χ4v) is 3.18. The summed E-state index contributed by atoms with van der Waals surface area (Å²) in [6, 6.07) is 22.1. The monoisotopic (exact) mass is 449 g/mol. The lowest BCUT2D eigenvalue weighted by Gasteiger charge is -2.02. The van der Waals surface area contributed by atoms with E-state index in [4.69, 9.17) is 5.11 Å². The molecule has 0 saturated heterocycles. The van der Waals surface area contributed by atoms with Crippen molar-refractivity contribution >= 4 is 28.0 Å². The van der Waals surface area contributed by atoms with Crippen molar-refractivity contribution in [2.24, 2.45) is 7.05 Å². The summed E-state index contributed by atoms with van der Waals surface area (Å²) in [4.78, 5) is 27.8. The molecular weight excluding hydrogens is 432 g/mol. The Kier molecular flexibility index (Phi) is 6.53. The molecule has 0 aliphatic rings. The van der Waals surface area contributed by atoms with Gasteiger partial charge >= 0.3 is 11.4 Å². The molecule has 1 N–H and O–H groups in total. The molecule has 0 atom stereocenters. The normalized spacial score (nSPS) is 10.2. The van der Waals surface area contributed by atoms with Gasteiger partial charge in [0, 0.05) is 17.0 Å². The van der Waals surface area contributed by atoms with Crippen LogP contribution in [0.1, 0.15) is 0 Å². The van der Waals surface area contributed by atoms with Crippen LogP contribution in [0.15, 0.2) is 79.0 Å². The minimum absolute atomic E-state index is 0.447. The molecule has 0 saturated carbocycles. The van der Waals surface area contributed by atoms with Crippen molar-refractivity contribution in [3.05, 3.63) is 109 Å². The second-order valence-electron chi connectivity index (χ2n) is 6.87. The standard InChI is InChI=1S/C16H14N.C6H3N3O7/c1-17-12-15(13-7-3-2-4-8-13)11-14-9-5-6-10-16(14)17;10-6-4(8(13)14)1-3(7(11)12)2-5(6)9(15)16/h2-12H,1H3;1-2,10H/q+1;. The lowest BCUT2D eigenvalue weighted by atomic mass is 10.1. The van der Waals surface area contributed by atoms with Crippen molar-refractivity contribution in [1.82, 2.24) is 0 Å². The first-order chi connectivity index (χ1) is 15.7. The number of nitro groups is 3. The molecule has 0 spiro atoms. The van der Waals surface area contributed by atoms with Crippen LogP contribution < -0.4 is 4.57 Å². The lowest BCUT2D eigenvalue weighted by molar-refractivity contribution is -0.644. The van der Waals surface area contributed by atoms with E-state index in [9.17, 15) is 30.3 Å². The third kappa shape index (κ3) is 5.05. The van der Waals surface area contributed by atoms with E-state index in [0.717, 1.165) is 0 Å². The Balaban J connectivity index is 0.000000186. The number of phenolic OH excluding ortho intramolecular Hbond substituents is 1. The van der Waals surface area contributed by atoms with E-state index in [1.807, 2.05) is 6.07 Å². The van der Waals surface area contributed by atoms with Crippen molar-refractivity contribution in [3.63, 3.8) is 0 Å². The Morgan fingerprint density at radius 1 is 0.727 bits per heavy atom. The summed E-state index contributed by atoms with van der Waals surface area (Å²) in [5.41, 5.74) is 0.769. The molecule has 33 heavy (non-hydrogen) atoms. The van der Waals surface area contributed by atoms with E-state index in [-0.39, 0.29) is 0 Å². The van der Waals surface area contributed by atoms with Gasteiger partial charge in [-0.25, -0.2) is 4.57 Å². The number of hydrogen-bond donors (Lipinski definition) is 1. The number of aromatic hydroxyl groups is 1. The van der Waals surface area contributed by atoms with Crippen LogP contribution in [0.3, 0.4) is 0 Å². The Hall–Kier alpha value is -4.93. The zero-order chi connectivity index (χ0) is 24.1. The average molecular weight is 449 g/mol. The third-order valence-corrected chi connectivity index (χ3v) is 4.73. The topological polar surface area (TPSA) is 154 Å². The predicted octanol–water partition coefficient (Wildman–Crippen LogP) is 4.45. The highest BCUT2D eigenvalue weighted by atomic mass is 16.6. The first-order valence-corrected chi connectivity index (χ1v) is 9.43. The molecule has 0 aliphatic carbocycles. The van der Waals surface area contributed by atoms with Gasteiger partial charge in [-0.2, -0.15) is 0 Å². The Morgan fingerprint density at radius 3 is 1.82 bits per heavy atom. The van der Waals surface area contributed by atoms with Gasteiger partial charge < -0.3 is 5.11 Å². The molecule has 11 nitrogen and oxygen atoms in total. The number of nitrogens with zero attached hydrogens (tertiary/aromatic N) is 4. The van der Waals surface area contributed by atoms with Crippen LogP contribution >= 0.6 is 0 Å². The zero-order valence-electron chi connectivity index (χ0n) is 17.2. The van der Waals surface area contributed by atoms with E-state index < -0.39 is 37.6 Å². The van der Waals surface area contributed by atoms with Gasteiger partial charge in [-0.05, 0) is 17.7 Å². The minimum Gasteiger partial charge on any atom is -0.497 e. The number of hydrogen-bond acceptors (Lipinski definition) is 7. The molecule has 4 rings (SSSR count). The van der Waals surface area contributed by atoms with Gasteiger partial charge in [0.25, 0.3) is 11.4 Å². The van der Waals surface area contributed by atoms with Gasteiger partial charge in [-0.15, -0.1) is 0 Å². The van der Waals surface area contributed by atoms with Crippen molar-refractivity contribution < 1.29 is 24.4 Å². The van der Waals surface area contributed by atoms with Gasteiger partial charge in [0.2, 0.25) is 5.52 Å². The Labute approximate surface area is 186 Å². The summed E-state index contributed by atoms with van der Waals surface area (Å²) in [7, 11) is 2.09. The summed E-state index contributed by atoms with van der Waals surface area (Å²) >= 11 is 0. The fraction of sp³-hybridized carbons (Fsp3) is 0.0455. The maximum Gasteiger partial charge on any atom is 0.324 e. The number of fused-ring (bicyclic) bond motifs is 1. The molecule has 0 fully saturated rings. The summed E-state index contributed by atoms with van der Waals surface area (Å²) in [5, 5.41) is 41.5. The molecule has 1 aromatic heterocycles. The van der Waals surface area contributed by atoms with Crippen molar-refractivity contribution in [2.75, 3.05) is 0 Å². The number of pyridine rings is 1. The first kappa shape index (κ1) is 22.7. The van der Waals surface area contributed by atoms with E-state index in [1.165, 1.54) is 22.0 Å². The van der Waals surface area contributed by atoms with Gasteiger partial charge in [-0.1, -0.05) is 42.5 Å². The van der Waals surface area contributed by atoms with Crippen molar-refractivity contribution in [1.29, 1.82) is 0 Å². The fourth-order valence-electron chi connectivity index (χ4n) is 3.18. The molecular formula is C22H17N4O7+. The summed E-state index contributed by atoms with van der Waals surface area (Å²) in [5.74, 6) is -1.21. The van der Waals surface area contributed by atoms with Crippen molar-refractivity contribution in [2.45, 2.75) is 0 Å². The van der Waals surface area contributed by atoms with Crippen LogP contribution in [0.5, 0.6) is 5.75 Å². The number of non-ortho nitro benzene ring substituents is 1. The number of phenols is 1. The smallest absolute Gasteiger partial charge is 0.324 e. The van der Waals surface area contributed by atoms with E-state index in [2.05, 4.69) is 72.4 Å². The molecule has 0 amide bonds. The van der Waals surface area contributed by atoms with Gasteiger partial charge in [-0.3, -0.25) is 30.3 Å². The highest BCUT2D eigenvalue weighted by Gasteiger charge is 2.30. The van der Waals surface area contributed by atoms with Crippen LogP contribution in [0.4, 0.5) is 17.1 Å². The van der Waals surface area contributed by atoms with Crippen LogP contribution in [-0.2, 0) is 7.05 Å². The lowest BCUT2D eigenvalue weighted by Crippen LogP contribution is -2.28. The van der Waals surface area contributed by atoms with Gasteiger partial charge in [0.05, 0.1) is 26.9 Å². The highest BCUT2D eigenvalue weighted by Crippen LogP contribution is 2.38. The molecule has 166 valence electrons. The maximum absolute atomic E-state index is 10.4. The predicted molar refractivity (Wildman–Crippen MR) is 119 cm³/mol. The van der Waals surface area contributed by atoms with E-state index >= 15 is 0 Å². The zero-order valence-corrected chi connectivity index (χ0v) is 17.2. The first-order valence-electron chi connectivity index (χ1n) is 9.43. The number of nitro benzene ring substituents is 3. The summed E-state index contributed by atoms with van der Waals surface area (Å²) in [6.07, 6.45) is 2.18. The molecule has 1 heterocycles. The minimum atomic E-state index is -1.21. The summed E-state index contributed by atoms with van der Waals surface area (Å²) < 4.78 is 2.18. The molecule has 0 radical (unpaired) electrons. The summed E-state index contributed by atoms with van der Waals surface area (Å²) in [6.45, 7) is 0. The molecule has 4 aromatic rings. The second-order valence-corrected chi connectivity index (χ2v) is 6.87. The van der Waals surface area contributed by atoms with Crippen molar-refractivity contribution in [3.8, 4) is 16.9 Å². The molecule has 3 aromatic carbocycles. The van der Waals surface area contributed by atoms with Gasteiger partial charge in [0.1, 0.15) is 7.05 Å². The number of benzene rings is 3. The average Bonchev–Trinajstić information content (AvgIpc) is 2.79. The Morgan fingerprint density at radius 2 is 1.27 bits per heavy atom. The van der Waals surface area contributed by atoms with Crippen LogP contribution in [0, 0.1) is 30.3 Å². The van der Waals surface area contributed by atoms with E-state index in [0.29, 0.717) is 12.1 Å². The maximum atomic E-state index is 10.4. The SMILES string of the molecule is C[n+]1cc(-c2ccccc2)cc2ccccc21.O=[N+]([O-])c1cc([N+](=O)[O-])c(O)c([N+](=O)[O-])c1. The molecule has 0 unspecified atom stereocenters.